The number of nitrogens with zero attached hydrogens (tertiary/aromatic N) is 1. The molecule has 1 heterocycles. The van der Waals surface area contributed by atoms with Gasteiger partial charge in [0.15, 0.2) is 5.13 Å². The summed E-state index contributed by atoms with van der Waals surface area (Å²) in [6.07, 6.45) is 2.20. The van der Waals surface area contributed by atoms with Crippen molar-refractivity contribution in [2.24, 2.45) is 0 Å². The van der Waals surface area contributed by atoms with Crippen LogP contribution in [0.3, 0.4) is 0 Å². The smallest absolute Gasteiger partial charge is 0.265 e. The third kappa shape index (κ3) is 4.05. The molecule has 5 N–H and O–H groups in total. The van der Waals surface area contributed by atoms with Crippen LogP contribution in [0, 0.1) is 0 Å². The van der Waals surface area contributed by atoms with Gasteiger partial charge in [-0.2, -0.15) is 0 Å². The second-order valence-corrected chi connectivity index (χ2v) is 7.48. The Morgan fingerprint density at radius 2 is 2.20 bits per heavy atom. The van der Waals surface area contributed by atoms with Crippen LogP contribution in [-0.2, 0) is 10.0 Å². The average Bonchev–Trinajstić information content (AvgIpc) is 3.11. The second-order valence-electron chi connectivity index (χ2n) is 4.43. The number of thiazole rings is 1. The summed E-state index contributed by atoms with van der Waals surface area (Å²) in [5, 5.41) is 6.30. The number of amides is 1. The Morgan fingerprint density at radius 1 is 1.50 bits per heavy atom. The van der Waals surface area contributed by atoms with Crippen LogP contribution < -0.4 is 21.1 Å². The molecule has 8 nitrogen and oxygen atoms in total. The highest BCUT2D eigenvalue weighted by atomic mass is 32.2. The van der Waals surface area contributed by atoms with Gasteiger partial charge in [0, 0.05) is 12.6 Å². The molecule has 0 radical (unpaired) electrons. The first-order valence-electron chi connectivity index (χ1n) is 6.13. The molecule has 0 aromatic carbocycles. The quantitative estimate of drug-likeness (QED) is 0.541. The van der Waals surface area contributed by atoms with E-state index in [4.69, 9.17) is 5.73 Å². The number of hydrogen-bond acceptors (Lipinski definition) is 7. The van der Waals surface area contributed by atoms with Crippen molar-refractivity contribution in [1.82, 2.24) is 15.0 Å². The van der Waals surface area contributed by atoms with E-state index in [9.17, 15) is 13.2 Å². The van der Waals surface area contributed by atoms with Gasteiger partial charge in [0.05, 0.1) is 5.75 Å². The molecule has 1 aromatic rings. The molecule has 1 aromatic heterocycles. The van der Waals surface area contributed by atoms with Crippen LogP contribution in [0.2, 0.25) is 0 Å². The zero-order valence-corrected chi connectivity index (χ0v) is 12.6. The van der Waals surface area contributed by atoms with Gasteiger partial charge in [-0.15, -0.1) is 0 Å². The van der Waals surface area contributed by atoms with E-state index in [1.807, 2.05) is 0 Å². The number of sulfonamides is 1. The number of anilines is 2. The molecular formula is C10H17N5O3S2. The van der Waals surface area contributed by atoms with Gasteiger partial charge < -0.3 is 16.4 Å². The molecule has 0 unspecified atom stereocenters. The maximum atomic E-state index is 11.9. The summed E-state index contributed by atoms with van der Waals surface area (Å²) in [4.78, 5) is 16.3. The zero-order valence-electron chi connectivity index (χ0n) is 11.0. The van der Waals surface area contributed by atoms with Gasteiger partial charge in [-0.3, -0.25) is 4.79 Å². The minimum atomic E-state index is -3.33. The molecule has 0 saturated heterocycles. The van der Waals surface area contributed by atoms with E-state index in [-0.39, 0.29) is 18.1 Å². The lowest BCUT2D eigenvalue weighted by molar-refractivity contribution is 0.0961. The number of nitrogen functional groups attached to an aromatic ring is 1. The van der Waals surface area contributed by atoms with E-state index >= 15 is 0 Å². The Kier molecular flexibility index (Phi) is 4.45. The van der Waals surface area contributed by atoms with Gasteiger partial charge in [0.2, 0.25) is 10.0 Å². The third-order valence-electron chi connectivity index (χ3n) is 2.73. The zero-order chi connectivity index (χ0) is 14.8. The van der Waals surface area contributed by atoms with E-state index in [1.54, 1.807) is 0 Å². The van der Waals surface area contributed by atoms with Crippen molar-refractivity contribution in [2.75, 3.05) is 30.4 Å². The second kappa shape index (κ2) is 5.94. The molecule has 0 bridgehead atoms. The molecule has 1 aliphatic carbocycles. The Balaban J connectivity index is 1.89. The summed E-state index contributed by atoms with van der Waals surface area (Å²) in [5.74, 6) is -0.427. The lowest BCUT2D eigenvalue weighted by Crippen LogP contribution is -2.32. The van der Waals surface area contributed by atoms with Gasteiger partial charge in [-0.1, -0.05) is 11.3 Å². The van der Waals surface area contributed by atoms with Gasteiger partial charge in [0.1, 0.15) is 10.7 Å². The van der Waals surface area contributed by atoms with Crippen LogP contribution in [0.4, 0.5) is 10.9 Å². The predicted octanol–water partition coefficient (Wildman–Crippen LogP) is -0.421. The average molecular weight is 319 g/mol. The number of hydrogen-bond donors (Lipinski definition) is 4. The first-order valence-corrected chi connectivity index (χ1v) is 8.60. The van der Waals surface area contributed by atoms with Crippen LogP contribution in [0.5, 0.6) is 0 Å². The van der Waals surface area contributed by atoms with Crippen LogP contribution in [-0.4, -0.2) is 44.7 Å². The molecule has 0 spiro atoms. The van der Waals surface area contributed by atoms with Crippen molar-refractivity contribution >= 4 is 38.2 Å². The van der Waals surface area contributed by atoms with Gasteiger partial charge >= 0.3 is 0 Å². The Hall–Kier alpha value is -1.39. The van der Waals surface area contributed by atoms with E-state index < -0.39 is 15.9 Å². The Morgan fingerprint density at radius 3 is 2.80 bits per heavy atom. The molecule has 1 amide bonds. The summed E-state index contributed by atoms with van der Waals surface area (Å²) in [6.45, 7) is 0.0186. The van der Waals surface area contributed by atoms with Crippen molar-refractivity contribution in [2.45, 2.75) is 18.9 Å². The van der Waals surface area contributed by atoms with Crippen LogP contribution in [0.15, 0.2) is 0 Å². The molecule has 1 saturated carbocycles. The molecule has 20 heavy (non-hydrogen) atoms. The van der Waals surface area contributed by atoms with Crippen molar-refractivity contribution < 1.29 is 13.2 Å². The number of carbonyl (C=O) groups excluding carboxylic acids is 1. The summed E-state index contributed by atoms with van der Waals surface area (Å²) >= 11 is 1.18. The highest BCUT2D eigenvalue weighted by molar-refractivity contribution is 7.89. The number of aromatic nitrogens is 1. The van der Waals surface area contributed by atoms with Gasteiger partial charge in [-0.25, -0.2) is 18.1 Å². The highest BCUT2D eigenvalue weighted by Gasteiger charge is 2.24. The maximum absolute atomic E-state index is 11.9. The molecule has 1 fully saturated rings. The first-order chi connectivity index (χ1) is 9.41. The fraction of sp³-hybridized carbons (Fsp3) is 0.600. The molecule has 1 aliphatic rings. The molecule has 0 aliphatic heterocycles. The number of rotatable bonds is 7. The minimum absolute atomic E-state index is 0.0186. The molecule has 112 valence electrons. The fourth-order valence-corrected chi connectivity index (χ4v) is 2.89. The normalized spacial score (nSPS) is 15.1. The van der Waals surface area contributed by atoms with E-state index in [0.29, 0.717) is 16.1 Å². The van der Waals surface area contributed by atoms with Gasteiger partial charge in [0.25, 0.3) is 5.91 Å². The van der Waals surface area contributed by atoms with Gasteiger partial charge in [-0.05, 0) is 19.9 Å². The summed E-state index contributed by atoms with van der Waals surface area (Å²) in [6, 6.07) is 0.428. The van der Waals surface area contributed by atoms with E-state index in [0.717, 1.165) is 12.8 Å². The van der Waals surface area contributed by atoms with Crippen molar-refractivity contribution in [3.8, 4) is 0 Å². The van der Waals surface area contributed by atoms with Crippen LogP contribution in [0.1, 0.15) is 22.5 Å². The molecular weight excluding hydrogens is 302 g/mol. The lowest BCUT2D eigenvalue weighted by Gasteiger charge is -2.04. The topological polar surface area (TPSA) is 126 Å². The lowest BCUT2D eigenvalue weighted by atomic mass is 10.4. The monoisotopic (exact) mass is 319 g/mol. The third-order valence-corrected chi connectivity index (χ3v) is 5.10. The number of carbonyl (C=O) groups is 1. The SMILES string of the molecule is CNS(=O)(=O)CCNC(=O)c1sc(NC2CC2)nc1N. The number of nitrogens with two attached hydrogens (primary N) is 1. The largest absolute Gasteiger partial charge is 0.382 e. The standard InChI is InChI=1S/C10H17N5O3S2/c1-12-20(17,18)5-4-13-9(16)7-8(11)15-10(19-7)14-6-2-3-6/h6,12H,2-5,11H2,1H3,(H,13,16)(H,14,15). The predicted molar refractivity (Wildman–Crippen MR) is 78.4 cm³/mol. The maximum Gasteiger partial charge on any atom is 0.265 e. The van der Waals surface area contributed by atoms with Crippen molar-refractivity contribution in [1.29, 1.82) is 0 Å². The van der Waals surface area contributed by atoms with E-state index in [1.165, 1.54) is 18.4 Å². The Bertz CT molecular complexity index is 594. The molecule has 2 rings (SSSR count). The summed E-state index contributed by atoms with van der Waals surface area (Å²) < 4.78 is 24.6. The summed E-state index contributed by atoms with van der Waals surface area (Å²) in [5.41, 5.74) is 5.69. The number of nitrogens with one attached hydrogen (secondary N) is 3. The van der Waals surface area contributed by atoms with Crippen molar-refractivity contribution in [3.05, 3.63) is 4.88 Å². The first kappa shape index (κ1) is 15.0. The van der Waals surface area contributed by atoms with Crippen LogP contribution in [0.25, 0.3) is 0 Å². The highest BCUT2D eigenvalue weighted by Crippen LogP contribution is 2.30. The van der Waals surface area contributed by atoms with E-state index in [2.05, 4.69) is 20.3 Å². The molecule has 10 heteroatoms. The fourth-order valence-electron chi connectivity index (χ4n) is 1.44. The summed E-state index contributed by atoms with van der Waals surface area (Å²) in [7, 11) is -2.00. The molecule has 0 atom stereocenters. The van der Waals surface area contributed by atoms with Crippen molar-refractivity contribution in [3.63, 3.8) is 0 Å². The Labute approximate surface area is 121 Å². The van der Waals surface area contributed by atoms with Crippen LogP contribution >= 0.6 is 11.3 Å². The minimum Gasteiger partial charge on any atom is -0.382 e.